The Labute approximate surface area is 107 Å². The van der Waals surface area contributed by atoms with Crippen LogP contribution in [0.25, 0.3) is 0 Å². The molecule has 7 nitrogen and oxygen atoms in total. The van der Waals surface area contributed by atoms with Crippen molar-refractivity contribution in [1.29, 1.82) is 0 Å². The van der Waals surface area contributed by atoms with E-state index in [9.17, 15) is 8.42 Å². The number of anilines is 1. The van der Waals surface area contributed by atoms with Gasteiger partial charge in [-0.1, -0.05) is 0 Å². The minimum Gasteiger partial charge on any atom is -0.368 e. The Kier molecular flexibility index (Phi) is 5.00. The molecule has 1 heterocycles. The molecule has 0 spiro atoms. The third-order valence-corrected chi connectivity index (χ3v) is 4.01. The molecule has 0 aromatic carbocycles. The molecular weight excluding hydrogens is 254 g/mol. The Hall–Kier alpha value is -1.25. The summed E-state index contributed by atoms with van der Waals surface area (Å²) in [6.07, 6.45) is 2.38. The van der Waals surface area contributed by atoms with Crippen LogP contribution in [-0.4, -0.2) is 49.5 Å². The summed E-state index contributed by atoms with van der Waals surface area (Å²) in [4.78, 5) is 9.37. The Morgan fingerprint density at radius 3 is 2.44 bits per heavy atom. The quantitative estimate of drug-likeness (QED) is 0.736. The monoisotopic (exact) mass is 273 g/mol. The van der Waals surface area contributed by atoms with Gasteiger partial charge in [0, 0.05) is 19.1 Å². The fourth-order valence-corrected chi connectivity index (χ4v) is 2.07. The summed E-state index contributed by atoms with van der Waals surface area (Å²) in [5.74, 6) is 0.0495. The maximum absolute atomic E-state index is 11.8. The second kappa shape index (κ2) is 6.07. The summed E-state index contributed by atoms with van der Waals surface area (Å²) >= 11 is 0. The van der Waals surface area contributed by atoms with E-state index in [4.69, 9.17) is 5.73 Å². The largest absolute Gasteiger partial charge is 0.368 e. The summed E-state index contributed by atoms with van der Waals surface area (Å²) in [6, 6.07) is 0.370. The maximum Gasteiger partial charge on any atom is 0.243 e. The van der Waals surface area contributed by atoms with Crippen LogP contribution in [0.3, 0.4) is 0 Å². The van der Waals surface area contributed by atoms with Crippen LogP contribution in [0.15, 0.2) is 17.3 Å². The first-order valence-corrected chi connectivity index (χ1v) is 7.08. The summed E-state index contributed by atoms with van der Waals surface area (Å²) in [5, 5.41) is 0. The summed E-state index contributed by atoms with van der Waals surface area (Å²) in [6.45, 7) is 5.05. The molecular formula is C10H19N5O2S. The van der Waals surface area contributed by atoms with Crippen molar-refractivity contribution in [3.63, 3.8) is 0 Å². The van der Waals surface area contributed by atoms with Gasteiger partial charge < -0.3 is 10.6 Å². The van der Waals surface area contributed by atoms with Crippen LogP contribution in [-0.2, 0) is 10.0 Å². The van der Waals surface area contributed by atoms with E-state index in [0.29, 0.717) is 19.1 Å². The molecule has 0 aliphatic carbocycles. The molecule has 1 aromatic rings. The lowest BCUT2D eigenvalue weighted by molar-refractivity contribution is 0.278. The molecule has 1 aromatic heterocycles. The van der Waals surface area contributed by atoms with Crippen molar-refractivity contribution in [2.24, 2.45) is 0 Å². The molecule has 1 rings (SSSR count). The van der Waals surface area contributed by atoms with Gasteiger partial charge in [-0.15, -0.1) is 0 Å². The van der Waals surface area contributed by atoms with Crippen molar-refractivity contribution in [2.45, 2.75) is 24.8 Å². The lowest BCUT2D eigenvalue weighted by Crippen LogP contribution is -2.36. The van der Waals surface area contributed by atoms with Gasteiger partial charge in [0.05, 0.1) is 12.4 Å². The third kappa shape index (κ3) is 4.21. The Balaban J connectivity index is 2.58. The molecule has 8 heteroatoms. The first-order chi connectivity index (χ1) is 8.33. The van der Waals surface area contributed by atoms with Gasteiger partial charge in [-0.25, -0.2) is 23.1 Å². The molecule has 0 aliphatic rings. The molecule has 0 bridgehead atoms. The zero-order chi connectivity index (χ0) is 13.8. The normalized spacial score (nSPS) is 12.3. The number of hydrogen-bond donors (Lipinski definition) is 2. The van der Waals surface area contributed by atoms with Crippen LogP contribution in [0, 0.1) is 0 Å². The fourth-order valence-electron chi connectivity index (χ4n) is 1.16. The second-order valence-electron chi connectivity index (χ2n) is 4.25. The van der Waals surface area contributed by atoms with Crippen molar-refractivity contribution >= 4 is 16.0 Å². The van der Waals surface area contributed by atoms with E-state index in [0.717, 1.165) is 0 Å². The Morgan fingerprint density at radius 2 is 1.94 bits per heavy atom. The predicted octanol–water partition coefficient (Wildman–Crippen LogP) is -0.323. The molecule has 3 N–H and O–H groups in total. The van der Waals surface area contributed by atoms with E-state index in [1.165, 1.54) is 12.4 Å². The lowest BCUT2D eigenvalue weighted by Gasteiger charge is -2.20. The van der Waals surface area contributed by atoms with Crippen molar-refractivity contribution in [3.8, 4) is 0 Å². The predicted molar refractivity (Wildman–Crippen MR) is 69.4 cm³/mol. The molecule has 0 saturated carbocycles. The Bertz CT molecular complexity index is 472. The highest BCUT2D eigenvalue weighted by atomic mass is 32.2. The van der Waals surface area contributed by atoms with Crippen LogP contribution in [0.5, 0.6) is 0 Å². The minimum absolute atomic E-state index is 0.0175. The lowest BCUT2D eigenvalue weighted by atomic mass is 10.3. The van der Waals surface area contributed by atoms with Gasteiger partial charge in [-0.2, -0.15) is 0 Å². The summed E-state index contributed by atoms with van der Waals surface area (Å²) in [7, 11) is -1.62. The van der Waals surface area contributed by atoms with Gasteiger partial charge in [0.1, 0.15) is 4.90 Å². The van der Waals surface area contributed by atoms with Crippen LogP contribution in [0.1, 0.15) is 13.8 Å². The first kappa shape index (κ1) is 14.8. The molecule has 0 aliphatic heterocycles. The van der Waals surface area contributed by atoms with Crippen LogP contribution in [0.4, 0.5) is 5.95 Å². The number of nitrogens with two attached hydrogens (primary N) is 1. The molecule has 0 saturated heterocycles. The number of nitrogen functional groups attached to an aromatic ring is 1. The van der Waals surface area contributed by atoms with Gasteiger partial charge in [0.2, 0.25) is 16.0 Å². The molecule has 0 unspecified atom stereocenters. The highest BCUT2D eigenvalue weighted by Gasteiger charge is 2.14. The zero-order valence-electron chi connectivity index (χ0n) is 10.8. The topological polar surface area (TPSA) is 101 Å². The number of nitrogens with zero attached hydrogens (tertiary/aromatic N) is 3. The van der Waals surface area contributed by atoms with Gasteiger partial charge in [0.15, 0.2) is 0 Å². The summed E-state index contributed by atoms with van der Waals surface area (Å²) < 4.78 is 26.2. The van der Waals surface area contributed by atoms with E-state index in [2.05, 4.69) is 14.7 Å². The third-order valence-electron chi connectivity index (χ3n) is 2.60. The number of likely N-dealkylation sites (N-methyl/N-ethyl adjacent to an activating group) is 1. The maximum atomic E-state index is 11.8. The van der Waals surface area contributed by atoms with Crippen molar-refractivity contribution < 1.29 is 8.42 Å². The minimum atomic E-state index is -3.56. The van der Waals surface area contributed by atoms with E-state index in [-0.39, 0.29) is 10.8 Å². The van der Waals surface area contributed by atoms with E-state index in [1.54, 1.807) is 0 Å². The highest BCUT2D eigenvalue weighted by molar-refractivity contribution is 7.89. The highest BCUT2D eigenvalue weighted by Crippen LogP contribution is 2.05. The first-order valence-electron chi connectivity index (χ1n) is 5.60. The number of rotatable bonds is 6. The average Bonchev–Trinajstić information content (AvgIpc) is 2.29. The Morgan fingerprint density at radius 1 is 1.39 bits per heavy atom. The van der Waals surface area contributed by atoms with Gasteiger partial charge in [-0.05, 0) is 20.9 Å². The van der Waals surface area contributed by atoms with E-state index in [1.807, 2.05) is 25.8 Å². The smallest absolute Gasteiger partial charge is 0.243 e. The van der Waals surface area contributed by atoms with Crippen LogP contribution in [0.2, 0.25) is 0 Å². The SMILES string of the molecule is CC(C)N(C)CCNS(=O)(=O)c1cnc(N)nc1. The summed E-state index contributed by atoms with van der Waals surface area (Å²) in [5.41, 5.74) is 5.30. The standard InChI is InChI=1S/C10H19N5O2S/c1-8(2)15(3)5-4-14-18(16,17)9-6-12-10(11)13-7-9/h6-8,14H,4-5H2,1-3H3,(H2,11,12,13). The van der Waals surface area contributed by atoms with Gasteiger partial charge in [-0.3, -0.25) is 0 Å². The van der Waals surface area contributed by atoms with Crippen LogP contribution < -0.4 is 10.5 Å². The average molecular weight is 273 g/mol. The second-order valence-corrected chi connectivity index (χ2v) is 6.02. The van der Waals surface area contributed by atoms with Crippen molar-refractivity contribution in [2.75, 3.05) is 25.9 Å². The van der Waals surface area contributed by atoms with E-state index >= 15 is 0 Å². The molecule has 0 radical (unpaired) electrons. The van der Waals surface area contributed by atoms with Gasteiger partial charge >= 0.3 is 0 Å². The molecule has 102 valence electrons. The number of sulfonamides is 1. The van der Waals surface area contributed by atoms with Crippen molar-refractivity contribution in [1.82, 2.24) is 19.6 Å². The molecule has 0 atom stereocenters. The van der Waals surface area contributed by atoms with Crippen LogP contribution >= 0.6 is 0 Å². The zero-order valence-corrected chi connectivity index (χ0v) is 11.6. The van der Waals surface area contributed by atoms with Crippen molar-refractivity contribution in [3.05, 3.63) is 12.4 Å². The molecule has 0 amide bonds. The van der Waals surface area contributed by atoms with E-state index < -0.39 is 10.0 Å². The number of aromatic nitrogens is 2. The molecule has 18 heavy (non-hydrogen) atoms. The number of hydrogen-bond acceptors (Lipinski definition) is 6. The molecule has 0 fully saturated rings. The fraction of sp³-hybridized carbons (Fsp3) is 0.600. The van der Waals surface area contributed by atoms with Gasteiger partial charge in [0.25, 0.3) is 0 Å². The number of nitrogens with one attached hydrogen (secondary N) is 1.